The molecular weight excluding hydrogens is 226 g/mol. The van der Waals surface area contributed by atoms with Crippen LogP contribution in [0.5, 0.6) is 5.75 Å². The second kappa shape index (κ2) is 6.18. The fourth-order valence-electron chi connectivity index (χ4n) is 1.24. The Balaban J connectivity index is 2.46. The molecule has 0 saturated heterocycles. The maximum Gasteiger partial charge on any atom is 0.216 e. The largest absolute Gasteiger partial charge is 0.508 e. The highest BCUT2D eigenvalue weighted by Crippen LogP contribution is 2.20. The highest BCUT2D eigenvalue weighted by Gasteiger charge is 1.94. The Morgan fingerprint density at radius 2 is 2.25 bits per heavy atom. The molecule has 0 aromatic heterocycles. The van der Waals surface area contributed by atoms with Gasteiger partial charge in [-0.15, -0.1) is 0 Å². The summed E-state index contributed by atoms with van der Waals surface area (Å²) in [6.07, 6.45) is 4.52. The second-order valence-electron chi connectivity index (χ2n) is 3.42. The third kappa shape index (κ3) is 4.84. The molecule has 0 unspecified atom stereocenters. The number of hydrogen-bond acceptors (Lipinski definition) is 2. The topological polar surface area (TPSA) is 49.3 Å². The van der Waals surface area contributed by atoms with Gasteiger partial charge in [0.05, 0.1) is 0 Å². The third-order valence-corrected chi connectivity index (χ3v) is 2.12. The van der Waals surface area contributed by atoms with Crippen LogP contribution in [0.1, 0.15) is 18.9 Å². The van der Waals surface area contributed by atoms with E-state index in [1.165, 1.54) is 13.0 Å². The van der Waals surface area contributed by atoms with E-state index < -0.39 is 0 Å². The van der Waals surface area contributed by atoms with Crippen LogP contribution in [-0.4, -0.2) is 17.6 Å². The average molecular weight is 240 g/mol. The van der Waals surface area contributed by atoms with Crippen molar-refractivity contribution in [3.63, 3.8) is 0 Å². The number of hydrogen-bond donors (Lipinski definition) is 2. The summed E-state index contributed by atoms with van der Waals surface area (Å²) in [6, 6.07) is 4.87. The molecule has 0 heterocycles. The van der Waals surface area contributed by atoms with E-state index in [4.69, 9.17) is 11.6 Å². The molecule has 0 aliphatic heterocycles. The van der Waals surface area contributed by atoms with Gasteiger partial charge in [-0.05, 0) is 30.2 Å². The maximum atomic E-state index is 10.6. The molecular formula is C12H14ClNO2. The Morgan fingerprint density at radius 3 is 2.88 bits per heavy atom. The van der Waals surface area contributed by atoms with Crippen molar-refractivity contribution in [1.82, 2.24) is 5.32 Å². The first-order valence-electron chi connectivity index (χ1n) is 4.98. The Bertz CT molecular complexity index is 382. The van der Waals surface area contributed by atoms with Gasteiger partial charge in [-0.25, -0.2) is 0 Å². The van der Waals surface area contributed by atoms with E-state index in [9.17, 15) is 9.90 Å². The number of carbonyl (C=O) groups excluding carboxylic acids is 1. The van der Waals surface area contributed by atoms with E-state index in [1.54, 1.807) is 12.1 Å². The highest BCUT2D eigenvalue weighted by molar-refractivity contribution is 6.30. The normalized spacial score (nSPS) is 10.6. The zero-order chi connectivity index (χ0) is 12.0. The fraction of sp³-hybridized carbons (Fsp3) is 0.250. The fourth-order valence-corrected chi connectivity index (χ4v) is 1.48. The second-order valence-corrected chi connectivity index (χ2v) is 3.85. The van der Waals surface area contributed by atoms with Crippen molar-refractivity contribution >= 4 is 23.6 Å². The van der Waals surface area contributed by atoms with Gasteiger partial charge in [0.2, 0.25) is 5.91 Å². The molecule has 0 spiro atoms. The lowest BCUT2D eigenvalue weighted by molar-refractivity contribution is -0.118. The van der Waals surface area contributed by atoms with Gasteiger partial charge in [-0.1, -0.05) is 23.8 Å². The molecule has 0 aliphatic carbocycles. The van der Waals surface area contributed by atoms with Crippen LogP contribution < -0.4 is 5.32 Å². The van der Waals surface area contributed by atoms with Gasteiger partial charge in [0.25, 0.3) is 0 Å². The molecule has 1 aromatic carbocycles. The van der Waals surface area contributed by atoms with Gasteiger partial charge in [0.1, 0.15) is 5.75 Å². The van der Waals surface area contributed by atoms with E-state index in [0.717, 1.165) is 12.0 Å². The quantitative estimate of drug-likeness (QED) is 0.794. The summed E-state index contributed by atoms with van der Waals surface area (Å²) >= 11 is 5.78. The minimum Gasteiger partial charge on any atom is -0.508 e. The number of rotatable bonds is 4. The third-order valence-electron chi connectivity index (χ3n) is 1.90. The Kier molecular flexibility index (Phi) is 4.86. The molecule has 0 aliphatic rings. The average Bonchev–Trinajstić information content (AvgIpc) is 2.15. The first-order valence-corrected chi connectivity index (χ1v) is 5.36. The Morgan fingerprint density at radius 1 is 1.50 bits per heavy atom. The molecule has 16 heavy (non-hydrogen) atoms. The van der Waals surface area contributed by atoms with Crippen molar-refractivity contribution in [3.8, 4) is 5.75 Å². The summed E-state index contributed by atoms with van der Waals surface area (Å²) in [6.45, 7) is 2.09. The number of nitrogens with one attached hydrogen (secondary N) is 1. The summed E-state index contributed by atoms with van der Waals surface area (Å²) in [5, 5.41) is 12.5. The zero-order valence-electron chi connectivity index (χ0n) is 9.03. The van der Waals surface area contributed by atoms with Crippen LogP contribution in [0, 0.1) is 0 Å². The monoisotopic (exact) mass is 239 g/mol. The molecule has 1 aromatic rings. The van der Waals surface area contributed by atoms with Gasteiger partial charge >= 0.3 is 0 Å². The predicted octanol–water partition coefficient (Wildman–Crippen LogP) is 2.59. The standard InChI is InChI=1S/C12H14ClNO2/c1-9(15)14-5-3-2-4-10-6-11(13)8-12(16)7-10/h2,4,6-8,16H,3,5H2,1H3,(H,14,15). The van der Waals surface area contributed by atoms with E-state index in [0.29, 0.717) is 11.6 Å². The first kappa shape index (κ1) is 12.6. The Hall–Kier alpha value is -1.48. The molecule has 0 atom stereocenters. The van der Waals surface area contributed by atoms with E-state index in [1.807, 2.05) is 12.2 Å². The minimum absolute atomic E-state index is 0.0335. The van der Waals surface area contributed by atoms with Crippen molar-refractivity contribution in [1.29, 1.82) is 0 Å². The van der Waals surface area contributed by atoms with Crippen molar-refractivity contribution in [2.45, 2.75) is 13.3 Å². The number of amides is 1. The lowest BCUT2D eigenvalue weighted by Gasteiger charge is -1.99. The molecule has 0 saturated carbocycles. The van der Waals surface area contributed by atoms with Crippen molar-refractivity contribution < 1.29 is 9.90 Å². The number of phenolic OH excluding ortho intramolecular Hbond substituents is 1. The van der Waals surface area contributed by atoms with Crippen LogP contribution in [0.3, 0.4) is 0 Å². The van der Waals surface area contributed by atoms with Gasteiger partial charge in [0, 0.05) is 18.5 Å². The summed E-state index contributed by atoms with van der Waals surface area (Å²) in [5.74, 6) is 0.114. The Labute approximate surface area is 99.7 Å². The van der Waals surface area contributed by atoms with E-state index in [-0.39, 0.29) is 11.7 Å². The van der Waals surface area contributed by atoms with E-state index >= 15 is 0 Å². The number of aromatic hydroxyl groups is 1. The van der Waals surface area contributed by atoms with Crippen LogP contribution in [-0.2, 0) is 4.79 Å². The maximum absolute atomic E-state index is 10.6. The minimum atomic E-state index is -0.0335. The van der Waals surface area contributed by atoms with Gasteiger partial charge < -0.3 is 10.4 Å². The molecule has 0 bridgehead atoms. The summed E-state index contributed by atoms with van der Waals surface area (Å²) in [7, 11) is 0. The van der Waals surface area contributed by atoms with Crippen LogP contribution in [0.2, 0.25) is 5.02 Å². The molecule has 1 rings (SSSR count). The summed E-state index contributed by atoms with van der Waals surface area (Å²) in [5.41, 5.74) is 0.841. The summed E-state index contributed by atoms with van der Waals surface area (Å²) < 4.78 is 0. The van der Waals surface area contributed by atoms with Crippen LogP contribution in [0.15, 0.2) is 24.3 Å². The van der Waals surface area contributed by atoms with Crippen LogP contribution in [0.4, 0.5) is 0 Å². The molecule has 0 fully saturated rings. The number of phenols is 1. The SMILES string of the molecule is CC(=O)NCCC=Cc1cc(O)cc(Cl)c1. The van der Waals surface area contributed by atoms with Crippen molar-refractivity contribution in [2.75, 3.05) is 6.54 Å². The molecule has 1 amide bonds. The highest BCUT2D eigenvalue weighted by atomic mass is 35.5. The van der Waals surface area contributed by atoms with Crippen LogP contribution in [0.25, 0.3) is 6.08 Å². The van der Waals surface area contributed by atoms with Crippen molar-refractivity contribution in [3.05, 3.63) is 34.9 Å². The number of benzene rings is 1. The first-order chi connectivity index (χ1) is 7.58. The van der Waals surface area contributed by atoms with Crippen molar-refractivity contribution in [2.24, 2.45) is 0 Å². The molecule has 0 radical (unpaired) electrons. The molecule has 2 N–H and O–H groups in total. The van der Waals surface area contributed by atoms with Crippen LogP contribution >= 0.6 is 11.6 Å². The van der Waals surface area contributed by atoms with E-state index in [2.05, 4.69) is 5.32 Å². The lowest BCUT2D eigenvalue weighted by atomic mass is 10.2. The number of halogens is 1. The predicted molar refractivity (Wildman–Crippen MR) is 65.5 cm³/mol. The van der Waals surface area contributed by atoms with Gasteiger partial charge in [0.15, 0.2) is 0 Å². The zero-order valence-corrected chi connectivity index (χ0v) is 9.79. The smallest absolute Gasteiger partial charge is 0.216 e. The molecule has 4 heteroatoms. The van der Waals surface area contributed by atoms with Gasteiger partial charge in [-0.2, -0.15) is 0 Å². The molecule has 3 nitrogen and oxygen atoms in total. The lowest BCUT2D eigenvalue weighted by Crippen LogP contribution is -2.20. The molecule has 86 valence electrons. The van der Waals surface area contributed by atoms with Gasteiger partial charge in [-0.3, -0.25) is 4.79 Å². The number of carbonyl (C=O) groups is 1. The summed E-state index contributed by atoms with van der Waals surface area (Å²) in [4.78, 5) is 10.6.